The fraction of sp³-hybridized carbons (Fsp3) is 0.750. The lowest BCUT2D eigenvalue weighted by Gasteiger charge is -2.09. The van der Waals surface area contributed by atoms with Crippen molar-refractivity contribution in [2.75, 3.05) is 13.1 Å². The maximum atomic E-state index is 8.58. The molecule has 0 bridgehead atoms. The van der Waals surface area contributed by atoms with Gasteiger partial charge in [0.15, 0.2) is 0 Å². The highest BCUT2D eigenvalue weighted by Crippen LogP contribution is 1.80. The number of carbonyl (C=O) groups excluding carboxylic acids is 1. The van der Waals surface area contributed by atoms with Crippen molar-refractivity contribution >= 4 is 6.41 Å². The molecule has 3 heteroatoms. The van der Waals surface area contributed by atoms with Crippen LogP contribution in [0.1, 0.15) is 6.42 Å². The third-order valence-corrected chi connectivity index (χ3v) is 0.707. The Morgan fingerprint density at radius 3 is 1.71 bits per heavy atom. The van der Waals surface area contributed by atoms with Gasteiger partial charge in [0.25, 0.3) is 0 Å². The summed E-state index contributed by atoms with van der Waals surface area (Å²) in [6, 6.07) is 0. The maximum Gasteiger partial charge on any atom is 0.204 e. The summed E-state index contributed by atoms with van der Waals surface area (Å²) >= 11 is 0. The van der Waals surface area contributed by atoms with Gasteiger partial charge in [0.1, 0.15) is 0 Å². The standard InChI is InChI=1S/C3H7N.CH3NO/c1-2-4-3-1;2-1-3/h4H,1-3H2;1H,(H2,2,3). The van der Waals surface area contributed by atoms with E-state index in [1.165, 1.54) is 19.5 Å². The Bertz CT molecular complexity index is 39.0. The lowest BCUT2D eigenvalue weighted by Crippen LogP contribution is -2.29. The summed E-state index contributed by atoms with van der Waals surface area (Å²) in [5.74, 6) is 0. The van der Waals surface area contributed by atoms with Crippen molar-refractivity contribution in [3.63, 3.8) is 0 Å². The molecule has 0 aliphatic carbocycles. The van der Waals surface area contributed by atoms with Crippen LogP contribution in [0.5, 0.6) is 0 Å². The largest absolute Gasteiger partial charge is 0.372 e. The molecule has 1 saturated heterocycles. The molecule has 1 heterocycles. The Hall–Kier alpha value is -0.570. The maximum absolute atomic E-state index is 8.58. The molecule has 0 spiro atoms. The molecular formula is C4H10N2O. The van der Waals surface area contributed by atoms with Crippen molar-refractivity contribution < 1.29 is 4.79 Å². The van der Waals surface area contributed by atoms with Gasteiger partial charge in [0.05, 0.1) is 0 Å². The third-order valence-electron chi connectivity index (χ3n) is 0.707. The number of hydrogen-bond acceptors (Lipinski definition) is 2. The summed E-state index contributed by atoms with van der Waals surface area (Å²) in [5, 5.41) is 3.11. The first-order valence-corrected chi connectivity index (χ1v) is 2.28. The average molecular weight is 102 g/mol. The fourth-order valence-electron chi connectivity index (χ4n) is 0.177. The number of primary amides is 1. The van der Waals surface area contributed by atoms with Crippen LogP contribution in [0, 0.1) is 0 Å². The van der Waals surface area contributed by atoms with Crippen LogP contribution in [0.25, 0.3) is 0 Å². The predicted octanol–water partition coefficient (Wildman–Crippen LogP) is -0.919. The molecule has 42 valence electrons. The lowest BCUT2D eigenvalue weighted by atomic mass is 10.3. The molecule has 1 fully saturated rings. The Kier molecular flexibility index (Phi) is 4.99. The first-order chi connectivity index (χ1) is 3.41. The zero-order chi connectivity index (χ0) is 5.54. The van der Waals surface area contributed by atoms with Crippen molar-refractivity contribution in [2.45, 2.75) is 6.42 Å². The number of hydrogen-bond donors (Lipinski definition) is 2. The Balaban J connectivity index is 0.000000110. The van der Waals surface area contributed by atoms with E-state index >= 15 is 0 Å². The van der Waals surface area contributed by atoms with Crippen LogP contribution in [0.2, 0.25) is 0 Å². The summed E-state index contributed by atoms with van der Waals surface area (Å²) in [4.78, 5) is 8.58. The number of amides is 1. The number of carbonyl (C=O) groups is 1. The van der Waals surface area contributed by atoms with Crippen molar-refractivity contribution in [3.8, 4) is 0 Å². The second-order valence-corrected chi connectivity index (χ2v) is 1.24. The Labute approximate surface area is 42.9 Å². The minimum Gasteiger partial charge on any atom is -0.372 e. The predicted molar refractivity (Wildman–Crippen MR) is 27.7 cm³/mol. The molecule has 0 aromatic carbocycles. The lowest BCUT2D eigenvalue weighted by molar-refractivity contribution is -0.106. The Morgan fingerprint density at radius 1 is 1.57 bits per heavy atom. The first kappa shape index (κ1) is 6.43. The van der Waals surface area contributed by atoms with Gasteiger partial charge in [-0.2, -0.15) is 0 Å². The van der Waals surface area contributed by atoms with Crippen molar-refractivity contribution in [1.82, 2.24) is 5.32 Å². The summed E-state index contributed by atoms with van der Waals surface area (Å²) in [5.41, 5.74) is 4.17. The topological polar surface area (TPSA) is 55.1 Å². The molecule has 7 heavy (non-hydrogen) atoms. The molecule has 0 saturated carbocycles. The first-order valence-electron chi connectivity index (χ1n) is 2.28. The van der Waals surface area contributed by atoms with E-state index in [0.29, 0.717) is 0 Å². The molecule has 1 rings (SSSR count). The van der Waals surface area contributed by atoms with E-state index in [2.05, 4.69) is 11.1 Å². The van der Waals surface area contributed by atoms with Gasteiger partial charge in [0, 0.05) is 0 Å². The minimum absolute atomic E-state index is 0.250. The molecule has 1 aliphatic rings. The summed E-state index contributed by atoms with van der Waals surface area (Å²) in [6.07, 6.45) is 1.64. The normalized spacial score (nSPS) is 15.4. The highest BCUT2D eigenvalue weighted by atomic mass is 16.1. The number of nitrogens with two attached hydrogens (primary N) is 1. The zero-order valence-electron chi connectivity index (χ0n) is 4.18. The molecule has 3 nitrogen and oxygen atoms in total. The average Bonchev–Trinajstić information content (AvgIpc) is 1.27. The van der Waals surface area contributed by atoms with E-state index in [-0.39, 0.29) is 6.41 Å². The Morgan fingerprint density at radius 2 is 1.71 bits per heavy atom. The van der Waals surface area contributed by atoms with Gasteiger partial charge in [-0.3, -0.25) is 4.79 Å². The van der Waals surface area contributed by atoms with E-state index < -0.39 is 0 Å². The molecule has 0 aromatic rings. The van der Waals surface area contributed by atoms with E-state index in [9.17, 15) is 0 Å². The second-order valence-electron chi connectivity index (χ2n) is 1.24. The molecule has 0 radical (unpaired) electrons. The van der Waals surface area contributed by atoms with Crippen LogP contribution in [0.4, 0.5) is 0 Å². The van der Waals surface area contributed by atoms with Gasteiger partial charge < -0.3 is 11.1 Å². The van der Waals surface area contributed by atoms with Gasteiger partial charge in [-0.15, -0.1) is 0 Å². The van der Waals surface area contributed by atoms with Gasteiger partial charge >= 0.3 is 0 Å². The van der Waals surface area contributed by atoms with Crippen LogP contribution in [0.15, 0.2) is 0 Å². The molecule has 0 atom stereocenters. The van der Waals surface area contributed by atoms with Crippen LogP contribution in [-0.4, -0.2) is 19.5 Å². The van der Waals surface area contributed by atoms with Gasteiger partial charge in [-0.1, -0.05) is 0 Å². The van der Waals surface area contributed by atoms with E-state index in [4.69, 9.17) is 4.79 Å². The van der Waals surface area contributed by atoms with Gasteiger partial charge in [0.2, 0.25) is 6.41 Å². The van der Waals surface area contributed by atoms with E-state index in [0.717, 1.165) is 0 Å². The molecule has 1 aliphatic heterocycles. The quantitative estimate of drug-likeness (QED) is 0.389. The third kappa shape index (κ3) is 5.43. The smallest absolute Gasteiger partial charge is 0.204 e. The van der Waals surface area contributed by atoms with Crippen molar-refractivity contribution in [3.05, 3.63) is 0 Å². The monoisotopic (exact) mass is 102 g/mol. The molecule has 0 unspecified atom stereocenters. The highest BCUT2D eigenvalue weighted by molar-refractivity contribution is 5.42. The molecule has 1 amide bonds. The SMILES string of the molecule is C1CNC1.NC=O. The molecule has 3 N–H and O–H groups in total. The van der Waals surface area contributed by atoms with Gasteiger partial charge in [-0.05, 0) is 19.5 Å². The van der Waals surface area contributed by atoms with Crippen LogP contribution in [-0.2, 0) is 4.79 Å². The fourth-order valence-corrected chi connectivity index (χ4v) is 0.177. The molecular weight excluding hydrogens is 92.1 g/mol. The van der Waals surface area contributed by atoms with Crippen LogP contribution in [0.3, 0.4) is 0 Å². The molecule has 0 aromatic heterocycles. The summed E-state index contributed by atoms with van der Waals surface area (Å²) in [7, 11) is 0. The summed E-state index contributed by atoms with van der Waals surface area (Å²) in [6.45, 7) is 2.50. The van der Waals surface area contributed by atoms with E-state index in [1.807, 2.05) is 0 Å². The summed E-state index contributed by atoms with van der Waals surface area (Å²) < 4.78 is 0. The van der Waals surface area contributed by atoms with E-state index in [1.54, 1.807) is 0 Å². The highest BCUT2D eigenvalue weighted by Gasteiger charge is 1.92. The van der Waals surface area contributed by atoms with Crippen LogP contribution >= 0.6 is 0 Å². The minimum atomic E-state index is 0.250. The number of nitrogens with one attached hydrogen (secondary N) is 1. The van der Waals surface area contributed by atoms with Crippen LogP contribution < -0.4 is 11.1 Å². The zero-order valence-corrected chi connectivity index (χ0v) is 4.18. The van der Waals surface area contributed by atoms with Crippen molar-refractivity contribution in [2.24, 2.45) is 5.73 Å². The second kappa shape index (κ2) is 5.43. The van der Waals surface area contributed by atoms with Crippen molar-refractivity contribution in [1.29, 1.82) is 0 Å². The number of rotatable bonds is 0. The van der Waals surface area contributed by atoms with Gasteiger partial charge in [-0.25, -0.2) is 0 Å².